The highest BCUT2D eigenvalue weighted by atomic mass is 35.5. The normalized spacial score (nSPS) is 11.3. The zero-order chi connectivity index (χ0) is 23.6. The molecule has 2 heterocycles. The van der Waals surface area contributed by atoms with Crippen LogP contribution < -0.4 is 10.6 Å². The summed E-state index contributed by atoms with van der Waals surface area (Å²) in [6.07, 6.45) is -3.49. The number of hydrogen-bond acceptors (Lipinski definition) is 4. The maximum Gasteiger partial charge on any atom is 0.418 e. The van der Waals surface area contributed by atoms with Crippen molar-refractivity contribution in [2.45, 2.75) is 6.18 Å². The van der Waals surface area contributed by atoms with Crippen molar-refractivity contribution in [1.29, 1.82) is 0 Å². The molecule has 0 unspecified atom stereocenters. The van der Waals surface area contributed by atoms with Crippen LogP contribution in [0.4, 0.5) is 24.5 Å². The van der Waals surface area contributed by atoms with Crippen LogP contribution in [0.1, 0.15) is 25.8 Å². The Morgan fingerprint density at radius 1 is 0.909 bits per heavy atom. The summed E-state index contributed by atoms with van der Waals surface area (Å²) in [5.41, 5.74) is -0.786. The highest BCUT2D eigenvalue weighted by Crippen LogP contribution is 2.37. The Bertz CT molecular complexity index is 1300. The van der Waals surface area contributed by atoms with E-state index in [1.807, 2.05) is 0 Å². The van der Waals surface area contributed by atoms with Crippen molar-refractivity contribution in [3.8, 4) is 10.4 Å². The van der Waals surface area contributed by atoms with E-state index in [4.69, 9.17) is 16.0 Å². The Balaban J connectivity index is 1.55. The van der Waals surface area contributed by atoms with Gasteiger partial charge in [-0.1, -0.05) is 23.7 Å². The van der Waals surface area contributed by atoms with Crippen LogP contribution in [-0.4, -0.2) is 11.8 Å². The molecule has 0 saturated carbocycles. The number of rotatable bonds is 5. The van der Waals surface area contributed by atoms with Crippen molar-refractivity contribution in [3.63, 3.8) is 0 Å². The van der Waals surface area contributed by atoms with E-state index in [2.05, 4.69) is 10.6 Å². The summed E-state index contributed by atoms with van der Waals surface area (Å²) in [6, 6.07) is 16.2. The van der Waals surface area contributed by atoms with Crippen LogP contribution in [0.3, 0.4) is 0 Å². The first-order valence-corrected chi connectivity index (χ1v) is 10.6. The van der Waals surface area contributed by atoms with Gasteiger partial charge in [0.25, 0.3) is 11.8 Å². The standard InChI is InChI=1S/C23H14ClF3N2O3S/c24-14-5-3-13(4-6-14)19-9-10-20(33-19)22(31)29-17-8-7-15(12-16(17)23(25,26)27)28-21(30)18-2-1-11-32-18/h1-12H,(H,28,30)(H,29,31). The van der Waals surface area contributed by atoms with Crippen LogP contribution in [0.15, 0.2) is 77.4 Å². The molecular weight excluding hydrogens is 477 g/mol. The SMILES string of the molecule is O=C(Nc1ccc(NC(=O)c2ccc(-c3ccc(Cl)cc3)s2)c(C(F)(F)F)c1)c1ccco1. The number of furan rings is 1. The van der Waals surface area contributed by atoms with E-state index in [0.717, 1.165) is 33.9 Å². The molecule has 0 aliphatic rings. The van der Waals surface area contributed by atoms with E-state index in [0.29, 0.717) is 5.02 Å². The van der Waals surface area contributed by atoms with Gasteiger partial charge in [-0.25, -0.2) is 0 Å². The number of benzene rings is 2. The third-order valence-corrected chi connectivity index (χ3v) is 5.92. The highest BCUT2D eigenvalue weighted by Gasteiger charge is 2.34. The summed E-state index contributed by atoms with van der Waals surface area (Å²) in [4.78, 5) is 25.7. The highest BCUT2D eigenvalue weighted by molar-refractivity contribution is 7.17. The molecule has 0 spiro atoms. The van der Waals surface area contributed by atoms with Crippen LogP contribution in [-0.2, 0) is 6.18 Å². The minimum atomic E-state index is -4.77. The molecule has 0 atom stereocenters. The van der Waals surface area contributed by atoms with E-state index in [1.54, 1.807) is 30.3 Å². The number of amides is 2. The predicted octanol–water partition coefficient (Wildman–Crippen LogP) is 7.18. The number of nitrogens with one attached hydrogen (secondary N) is 2. The summed E-state index contributed by atoms with van der Waals surface area (Å²) in [5.74, 6) is -1.42. The quantitative estimate of drug-likeness (QED) is 0.311. The van der Waals surface area contributed by atoms with Crippen LogP contribution in [0.5, 0.6) is 0 Å². The van der Waals surface area contributed by atoms with Gasteiger partial charge < -0.3 is 15.1 Å². The lowest BCUT2D eigenvalue weighted by molar-refractivity contribution is -0.136. The van der Waals surface area contributed by atoms with E-state index in [1.165, 1.54) is 30.5 Å². The molecule has 168 valence electrons. The van der Waals surface area contributed by atoms with Gasteiger partial charge in [0.1, 0.15) is 0 Å². The molecule has 0 radical (unpaired) electrons. The molecule has 0 saturated heterocycles. The molecule has 0 fully saturated rings. The number of thiophene rings is 1. The molecular formula is C23H14ClF3N2O3S. The van der Waals surface area contributed by atoms with Crippen molar-refractivity contribution in [3.05, 3.63) is 94.2 Å². The first kappa shape index (κ1) is 22.6. The van der Waals surface area contributed by atoms with Gasteiger partial charge in [0, 0.05) is 15.6 Å². The maximum absolute atomic E-state index is 13.7. The molecule has 4 rings (SSSR count). The van der Waals surface area contributed by atoms with Gasteiger partial charge >= 0.3 is 6.18 Å². The fourth-order valence-corrected chi connectivity index (χ4v) is 4.01. The fraction of sp³-hybridized carbons (Fsp3) is 0.0435. The smallest absolute Gasteiger partial charge is 0.418 e. The number of carbonyl (C=O) groups excluding carboxylic acids is 2. The van der Waals surface area contributed by atoms with E-state index in [9.17, 15) is 22.8 Å². The minimum absolute atomic E-state index is 0.0462. The zero-order valence-corrected chi connectivity index (χ0v) is 18.1. The molecule has 2 aromatic carbocycles. The van der Waals surface area contributed by atoms with Crippen molar-refractivity contribution < 1.29 is 27.2 Å². The predicted molar refractivity (Wildman–Crippen MR) is 121 cm³/mol. The van der Waals surface area contributed by atoms with Gasteiger partial charge in [-0.3, -0.25) is 9.59 Å². The molecule has 0 aliphatic carbocycles. The Labute approximate surface area is 194 Å². The van der Waals surface area contributed by atoms with Crippen LogP contribution in [0.2, 0.25) is 5.02 Å². The molecule has 33 heavy (non-hydrogen) atoms. The Morgan fingerprint density at radius 2 is 1.67 bits per heavy atom. The number of halogens is 4. The van der Waals surface area contributed by atoms with E-state index < -0.39 is 29.2 Å². The number of alkyl halides is 3. The first-order chi connectivity index (χ1) is 15.7. The maximum atomic E-state index is 13.7. The summed E-state index contributed by atoms with van der Waals surface area (Å²) >= 11 is 7.02. The van der Waals surface area contributed by atoms with Crippen LogP contribution >= 0.6 is 22.9 Å². The second-order valence-electron chi connectivity index (χ2n) is 6.81. The van der Waals surface area contributed by atoms with Crippen LogP contribution in [0.25, 0.3) is 10.4 Å². The Hall–Kier alpha value is -3.56. The van der Waals surface area contributed by atoms with Gasteiger partial charge in [0.2, 0.25) is 0 Å². The first-order valence-electron chi connectivity index (χ1n) is 9.44. The number of hydrogen-bond donors (Lipinski definition) is 2. The molecule has 2 amide bonds. The molecule has 2 aromatic heterocycles. The van der Waals surface area contributed by atoms with Crippen molar-refractivity contribution >= 4 is 46.1 Å². The van der Waals surface area contributed by atoms with Gasteiger partial charge in [-0.05, 0) is 60.2 Å². The van der Waals surface area contributed by atoms with Gasteiger partial charge in [-0.15, -0.1) is 11.3 Å². The van der Waals surface area contributed by atoms with Gasteiger partial charge in [0.05, 0.1) is 22.4 Å². The van der Waals surface area contributed by atoms with Crippen LogP contribution in [0, 0.1) is 0 Å². The van der Waals surface area contributed by atoms with E-state index in [-0.39, 0.29) is 16.3 Å². The number of carbonyl (C=O) groups is 2. The third kappa shape index (κ3) is 5.27. The summed E-state index contributed by atoms with van der Waals surface area (Å²) in [5, 5.41) is 5.22. The van der Waals surface area contributed by atoms with Crippen molar-refractivity contribution in [2.75, 3.05) is 10.6 Å². The largest absolute Gasteiger partial charge is 0.459 e. The summed E-state index contributed by atoms with van der Waals surface area (Å²) < 4.78 is 45.9. The fourth-order valence-electron chi connectivity index (χ4n) is 2.98. The summed E-state index contributed by atoms with van der Waals surface area (Å²) in [7, 11) is 0. The Morgan fingerprint density at radius 3 is 2.33 bits per heavy atom. The average Bonchev–Trinajstić information content (AvgIpc) is 3.47. The second kappa shape index (κ2) is 9.13. The molecule has 5 nitrogen and oxygen atoms in total. The third-order valence-electron chi connectivity index (χ3n) is 4.53. The second-order valence-corrected chi connectivity index (χ2v) is 8.33. The van der Waals surface area contributed by atoms with Crippen molar-refractivity contribution in [1.82, 2.24) is 0 Å². The lowest BCUT2D eigenvalue weighted by Crippen LogP contribution is -2.17. The number of anilines is 2. The Kier molecular flexibility index (Phi) is 6.26. The van der Waals surface area contributed by atoms with E-state index >= 15 is 0 Å². The van der Waals surface area contributed by atoms with Crippen molar-refractivity contribution in [2.24, 2.45) is 0 Å². The lowest BCUT2D eigenvalue weighted by atomic mass is 10.1. The average molecular weight is 491 g/mol. The van der Waals surface area contributed by atoms with Gasteiger partial charge in [-0.2, -0.15) is 13.2 Å². The molecule has 10 heteroatoms. The molecule has 4 aromatic rings. The van der Waals surface area contributed by atoms with Gasteiger partial charge in [0.15, 0.2) is 5.76 Å². The molecule has 2 N–H and O–H groups in total. The monoisotopic (exact) mass is 490 g/mol. The minimum Gasteiger partial charge on any atom is -0.459 e. The molecule has 0 bridgehead atoms. The topological polar surface area (TPSA) is 71.3 Å². The zero-order valence-electron chi connectivity index (χ0n) is 16.6. The summed E-state index contributed by atoms with van der Waals surface area (Å²) in [6.45, 7) is 0. The molecule has 0 aliphatic heterocycles. The lowest BCUT2D eigenvalue weighted by Gasteiger charge is -2.15.